The summed E-state index contributed by atoms with van der Waals surface area (Å²) in [6, 6.07) is 3.89. The Kier molecular flexibility index (Phi) is 3.87. The molecule has 1 heterocycles. The fraction of sp³-hybridized carbons (Fsp3) is 0.583. The van der Waals surface area contributed by atoms with Gasteiger partial charge < -0.3 is 5.32 Å². The number of amides is 1. The predicted molar refractivity (Wildman–Crippen MR) is 68.2 cm³/mol. The Morgan fingerprint density at radius 3 is 2.81 bits per heavy atom. The van der Waals surface area contributed by atoms with E-state index in [1.54, 1.807) is 12.1 Å². The summed E-state index contributed by atoms with van der Waals surface area (Å²) in [6.07, 6.45) is 4.83. The van der Waals surface area contributed by atoms with Crippen LogP contribution in [0.4, 0.5) is 0 Å². The van der Waals surface area contributed by atoms with Crippen molar-refractivity contribution in [2.45, 2.75) is 38.6 Å². The number of rotatable bonds is 2. The van der Waals surface area contributed by atoms with E-state index in [1.807, 2.05) is 0 Å². The second kappa shape index (κ2) is 5.19. The third kappa shape index (κ3) is 2.77. The molecule has 1 saturated carbocycles. The second-order valence-corrected chi connectivity index (χ2v) is 6.16. The fourth-order valence-electron chi connectivity index (χ4n) is 2.21. The maximum atomic E-state index is 11.9. The highest BCUT2D eigenvalue weighted by atomic mass is 35.5. The van der Waals surface area contributed by atoms with Crippen molar-refractivity contribution in [3.05, 3.63) is 21.3 Å². The van der Waals surface area contributed by atoms with Crippen LogP contribution in [0.1, 0.15) is 42.3 Å². The Bertz CT molecular complexity index is 377. The molecule has 4 heteroatoms. The minimum atomic E-state index is 0.0238. The molecule has 88 valence electrons. The maximum Gasteiger partial charge on any atom is 0.261 e. The van der Waals surface area contributed by atoms with E-state index in [9.17, 15) is 4.79 Å². The quantitative estimate of drug-likeness (QED) is 0.860. The number of halogens is 1. The van der Waals surface area contributed by atoms with Gasteiger partial charge in [0.15, 0.2) is 0 Å². The first-order chi connectivity index (χ1) is 7.66. The van der Waals surface area contributed by atoms with E-state index in [-0.39, 0.29) is 5.91 Å². The lowest BCUT2D eigenvalue weighted by atomic mass is 9.86. The van der Waals surface area contributed by atoms with Gasteiger partial charge in [-0.15, -0.1) is 11.3 Å². The monoisotopic (exact) mass is 257 g/mol. The third-order valence-electron chi connectivity index (χ3n) is 3.22. The lowest BCUT2D eigenvalue weighted by Gasteiger charge is -2.29. The molecule has 2 nitrogen and oxygen atoms in total. The van der Waals surface area contributed by atoms with E-state index in [0.29, 0.717) is 21.2 Å². The van der Waals surface area contributed by atoms with Crippen LogP contribution in [0.5, 0.6) is 0 Å². The van der Waals surface area contributed by atoms with Crippen molar-refractivity contribution in [1.29, 1.82) is 0 Å². The van der Waals surface area contributed by atoms with Crippen molar-refractivity contribution in [3.8, 4) is 0 Å². The number of carbonyl (C=O) groups is 1. The second-order valence-electron chi connectivity index (χ2n) is 4.45. The normalized spacial score (nSPS) is 25.4. The van der Waals surface area contributed by atoms with E-state index in [2.05, 4.69) is 12.2 Å². The number of thiophene rings is 1. The van der Waals surface area contributed by atoms with Crippen molar-refractivity contribution >= 4 is 28.8 Å². The van der Waals surface area contributed by atoms with Crippen LogP contribution in [0.25, 0.3) is 0 Å². The zero-order chi connectivity index (χ0) is 11.5. The highest BCUT2D eigenvalue weighted by Gasteiger charge is 2.23. The number of hydrogen-bond donors (Lipinski definition) is 1. The first-order valence-electron chi connectivity index (χ1n) is 5.73. The van der Waals surface area contributed by atoms with Gasteiger partial charge in [0.05, 0.1) is 9.21 Å². The van der Waals surface area contributed by atoms with Gasteiger partial charge in [-0.1, -0.05) is 31.4 Å². The van der Waals surface area contributed by atoms with Gasteiger partial charge in [0.1, 0.15) is 0 Å². The molecule has 1 aliphatic rings. The third-order valence-corrected chi connectivity index (χ3v) is 4.45. The molecule has 2 atom stereocenters. The molecule has 0 aromatic carbocycles. The standard InChI is InChI=1S/C12H16ClNOS/c1-8-4-2-3-5-9(8)14-12(15)10-6-7-11(13)16-10/h6-9H,2-5H2,1H3,(H,14,15)/t8-,9+/m0/s1. The summed E-state index contributed by atoms with van der Waals surface area (Å²) >= 11 is 7.15. The van der Waals surface area contributed by atoms with Crippen LogP contribution in [-0.4, -0.2) is 11.9 Å². The molecule has 0 unspecified atom stereocenters. The van der Waals surface area contributed by atoms with Crippen molar-refractivity contribution < 1.29 is 4.79 Å². The first kappa shape index (κ1) is 11.9. The molecular formula is C12H16ClNOS. The van der Waals surface area contributed by atoms with Crippen molar-refractivity contribution in [2.24, 2.45) is 5.92 Å². The highest BCUT2D eigenvalue weighted by molar-refractivity contribution is 7.17. The topological polar surface area (TPSA) is 29.1 Å². The van der Waals surface area contributed by atoms with Crippen LogP contribution in [0.2, 0.25) is 4.34 Å². The smallest absolute Gasteiger partial charge is 0.261 e. The minimum absolute atomic E-state index is 0.0238. The van der Waals surface area contributed by atoms with Gasteiger partial charge in [-0.25, -0.2) is 0 Å². The van der Waals surface area contributed by atoms with Gasteiger partial charge in [-0.3, -0.25) is 4.79 Å². The van der Waals surface area contributed by atoms with Crippen LogP contribution >= 0.6 is 22.9 Å². The molecule has 0 spiro atoms. The first-order valence-corrected chi connectivity index (χ1v) is 6.92. The molecule has 1 N–H and O–H groups in total. The fourth-order valence-corrected chi connectivity index (χ4v) is 3.15. The average Bonchev–Trinajstić information content (AvgIpc) is 2.68. The summed E-state index contributed by atoms with van der Waals surface area (Å²) in [6.45, 7) is 2.21. The van der Waals surface area contributed by atoms with Gasteiger partial charge in [0, 0.05) is 6.04 Å². The van der Waals surface area contributed by atoms with Crippen molar-refractivity contribution in [3.63, 3.8) is 0 Å². The Morgan fingerprint density at radius 2 is 2.19 bits per heavy atom. The molecule has 1 aliphatic carbocycles. The summed E-state index contributed by atoms with van der Waals surface area (Å²) in [5, 5.41) is 3.11. The average molecular weight is 258 g/mol. The molecule has 0 aliphatic heterocycles. The Balaban J connectivity index is 1.96. The molecular weight excluding hydrogens is 242 g/mol. The van der Waals surface area contributed by atoms with Gasteiger partial charge in [0.25, 0.3) is 5.91 Å². The van der Waals surface area contributed by atoms with Gasteiger partial charge in [-0.2, -0.15) is 0 Å². The SMILES string of the molecule is C[C@H]1CCCC[C@H]1NC(=O)c1ccc(Cl)s1. The molecule has 0 radical (unpaired) electrons. The van der Waals surface area contributed by atoms with Crippen LogP contribution in [0, 0.1) is 5.92 Å². The summed E-state index contributed by atoms with van der Waals surface area (Å²) in [7, 11) is 0. The van der Waals surface area contributed by atoms with Crippen LogP contribution < -0.4 is 5.32 Å². The van der Waals surface area contributed by atoms with Gasteiger partial charge in [0.2, 0.25) is 0 Å². The molecule has 1 amide bonds. The molecule has 1 aromatic rings. The van der Waals surface area contributed by atoms with Crippen LogP contribution in [0.15, 0.2) is 12.1 Å². The summed E-state index contributed by atoms with van der Waals surface area (Å²) in [4.78, 5) is 12.6. The molecule has 2 rings (SSSR count). The van der Waals surface area contributed by atoms with E-state index >= 15 is 0 Å². The lowest BCUT2D eigenvalue weighted by molar-refractivity contribution is 0.0914. The zero-order valence-corrected chi connectivity index (χ0v) is 10.9. The summed E-state index contributed by atoms with van der Waals surface area (Å²) in [5.74, 6) is 0.615. The number of hydrogen-bond acceptors (Lipinski definition) is 2. The maximum absolute atomic E-state index is 11.9. The molecule has 1 fully saturated rings. The van der Waals surface area contributed by atoms with Gasteiger partial charge in [-0.05, 0) is 30.9 Å². The summed E-state index contributed by atoms with van der Waals surface area (Å²) < 4.78 is 0.668. The van der Waals surface area contributed by atoms with Crippen molar-refractivity contribution in [2.75, 3.05) is 0 Å². The molecule has 16 heavy (non-hydrogen) atoms. The van der Waals surface area contributed by atoms with E-state index in [1.165, 1.54) is 30.6 Å². The van der Waals surface area contributed by atoms with Crippen molar-refractivity contribution in [1.82, 2.24) is 5.32 Å². The number of carbonyl (C=O) groups excluding carboxylic acids is 1. The highest BCUT2D eigenvalue weighted by Crippen LogP contribution is 2.25. The Morgan fingerprint density at radius 1 is 1.44 bits per heavy atom. The Hall–Kier alpha value is -0.540. The molecule has 1 aromatic heterocycles. The summed E-state index contributed by atoms with van der Waals surface area (Å²) in [5.41, 5.74) is 0. The molecule has 0 saturated heterocycles. The molecule has 0 bridgehead atoms. The largest absolute Gasteiger partial charge is 0.348 e. The van der Waals surface area contributed by atoms with Crippen LogP contribution in [0.3, 0.4) is 0 Å². The van der Waals surface area contributed by atoms with Crippen LogP contribution in [-0.2, 0) is 0 Å². The van der Waals surface area contributed by atoms with E-state index < -0.39 is 0 Å². The minimum Gasteiger partial charge on any atom is -0.348 e. The Labute approximate surface area is 105 Å². The van der Waals surface area contributed by atoms with Gasteiger partial charge >= 0.3 is 0 Å². The predicted octanol–water partition coefficient (Wildman–Crippen LogP) is 3.71. The van der Waals surface area contributed by atoms with E-state index in [4.69, 9.17) is 11.6 Å². The lowest BCUT2D eigenvalue weighted by Crippen LogP contribution is -2.40. The zero-order valence-electron chi connectivity index (χ0n) is 9.33. The number of nitrogens with one attached hydrogen (secondary N) is 1. The van der Waals surface area contributed by atoms with E-state index in [0.717, 1.165) is 6.42 Å².